The minimum atomic E-state index is -0.952. The number of rotatable bonds is 2. The molecule has 14 heavy (non-hydrogen) atoms. The predicted octanol–water partition coefficient (Wildman–Crippen LogP) is 0.271. The van der Waals surface area contributed by atoms with Crippen molar-refractivity contribution in [3.05, 3.63) is 23.8 Å². The molecule has 5 nitrogen and oxygen atoms in total. The van der Waals surface area contributed by atoms with E-state index >= 15 is 0 Å². The van der Waals surface area contributed by atoms with Gasteiger partial charge in [0, 0.05) is 0 Å². The van der Waals surface area contributed by atoms with E-state index in [0.29, 0.717) is 5.56 Å². The molecule has 1 atom stereocenters. The van der Waals surface area contributed by atoms with Gasteiger partial charge in [0.1, 0.15) is 6.04 Å². The van der Waals surface area contributed by atoms with E-state index in [2.05, 4.69) is 4.74 Å². The Balaban J connectivity index is 2.96. The second-order valence-corrected chi connectivity index (χ2v) is 2.75. The van der Waals surface area contributed by atoms with Crippen LogP contribution in [0.5, 0.6) is 11.5 Å². The van der Waals surface area contributed by atoms with Crippen molar-refractivity contribution in [1.82, 2.24) is 0 Å². The van der Waals surface area contributed by atoms with E-state index in [9.17, 15) is 4.79 Å². The van der Waals surface area contributed by atoms with Crippen LogP contribution in [0.15, 0.2) is 18.2 Å². The summed E-state index contributed by atoms with van der Waals surface area (Å²) in [6.07, 6.45) is 0. The molecule has 0 aromatic heterocycles. The summed E-state index contributed by atoms with van der Waals surface area (Å²) in [6, 6.07) is 2.97. The zero-order chi connectivity index (χ0) is 10.7. The Hall–Kier alpha value is -1.75. The van der Waals surface area contributed by atoms with Crippen molar-refractivity contribution in [2.45, 2.75) is 6.04 Å². The number of hydrogen-bond acceptors (Lipinski definition) is 5. The average molecular weight is 197 g/mol. The lowest BCUT2D eigenvalue weighted by Gasteiger charge is -2.09. The van der Waals surface area contributed by atoms with E-state index in [0.717, 1.165) is 0 Å². The van der Waals surface area contributed by atoms with Crippen LogP contribution in [0.25, 0.3) is 0 Å². The van der Waals surface area contributed by atoms with E-state index in [1.165, 1.54) is 25.3 Å². The van der Waals surface area contributed by atoms with Crippen LogP contribution < -0.4 is 5.73 Å². The molecule has 5 heteroatoms. The number of carbonyl (C=O) groups is 1. The van der Waals surface area contributed by atoms with Crippen molar-refractivity contribution in [2.24, 2.45) is 5.73 Å². The van der Waals surface area contributed by atoms with Crippen LogP contribution >= 0.6 is 0 Å². The molecule has 0 spiro atoms. The molecule has 0 saturated heterocycles. The lowest BCUT2D eigenvalue weighted by atomic mass is 10.1. The average Bonchev–Trinajstić information content (AvgIpc) is 2.20. The van der Waals surface area contributed by atoms with Gasteiger partial charge in [-0.2, -0.15) is 0 Å². The van der Waals surface area contributed by atoms with Crippen LogP contribution in [0.4, 0.5) is 0 Å². The molecule has 76 valence electrons. The standard InChI is InChI=1S/C9H11NO4/c1-14-9(13)8(10)5-2-3-6(11)7(12)4-5/h2-4,8,11-12H,10H2,1H3/t8-/m1/s1. The third-order valence-electron chi connectivity index (χ3n) is 1.81. The maximum Gasteiger partial charge on any atom is 0.327 e. The van der Waals surface area contributed by atoms with Gasteiger partial charge in [-0.15, -0.1) is 0 Å². The smallest absolute Gasteiger partial charge is 0.327 e. The molecule has 0 unspecified atom stereocenters. The number of carbonyl (C=O) groups excluding carboxylic acids is 1. The molecule has 4 N–H and O–H groups in total. The maximum atomic E-state index is 11.0. The van der Waals surface area contributed by atoms with Crippen molar-refractivity contribution < 1.29 is 19.7 Å². The second-order valence-electron chi connectivity index (χ2n) is 2.75. The molecule has 0 aliphatic rings. The zero-order valence-corrected chi connectivity index (χ0v) is 7.60. The Morgan fingerprint density at radius 3 is 2.57 bits per heavy atom. The van der Waals surface area contributed by atoms with Crippen LogP contribution in [0.2, 0.25) is 0 Å². The first-order valence-corrected chi connectivity index (χ1v) is 3.91. The highest BCUT2D eigenvalue weighted by Crippen LogP contribution is 2.27. The summed E-state index contributed by atoms with van der Waals surface area (Å²) in [5.41, 5.74) is 5.88. The number of hydrogen-bond donors (Lipinski definition) is 3. The Kier molecular flexibility index (Phi) is 2.93. The number of esters is 1. The molecule has 0 bridgehead atoms. The third-order valence-corrected chi connectivity index (χ3v) is 1.81. The largest absolute Gasteiger partial charge is 0.504 e. The fraction of sp³-hybridized carbons (Fsp3) is 0.222. The quantitative estimate of drug-likeness (QED) is 0.467. The van der Waals surface area contributed by atoms with Gasteiger partial charge in [0.25, 0.3) is 0 Å². The Morgan fingerprint density at radius 2 is 2.07 bits per heavy atom. The first kappa shape index (κ1) is 10.3. The summed E-state index contributed by atoms with van der Waals surface area (Å²) >= 11 is 0. The second kappa shape index (κ2) is 3.97. The summed E-state index contributed by atoms with van der Waals surface area (Å²) in [6.45, 7) is 0. The van der Waals surface area contributed by atoms with Gasteiger partial charge in [-0.05, 0) is 17.7 Å². The fourth-order valence-electron chi connectivity index (χ4n) is 0.997. The van der Waals surface area contributed by atoms with Gasteiger partial charge in [-0.25, -0.2) is 0 Å². The molecule has 0 radical (unpaired) electrons. The van der Waals surface area contributed by atoms with E-state index in [1.54, 1.807) is 0 Å². The highest BCUT2D eigenvalue weighted by molar-refractivity contribution is 5.77. The van der Waals surface area contributed by atoms with Crippen molar-refractivity contribution in [1.29, 1.82) is 0 Å². The molecule has 0 fully saturated rings. The summed E-state index contributed by atoms with van der Waals surface area (Å²) in [5.74, 6) is -1.18. The van der Waals surface area contributed by atoms with Crippen molar-refractivity contribution in [3.63, 3.8) is 0 Å². The number of benzene rings is 1. The molecule has 1 aromatic rings. The van der Waals surface area contributed by atoms with Gasteiger partial charge >= 0.3 is 5.97 Å². The molecular weight excluding hydrogens is 186 g/mol. The number of phenolic OH excluding ortho intramolecular Hbond substituents is 2. The highest BCUT2D eigenvalue weighted by atomic mass is 16.5. The van der Waals surface area contributed by atoms with Crippen LogP contribution in [-0.2, 0) is 9.53 Å². The molecule has 0 aliphatic carbocycles. The lowest BCUT2D eigenvalue weighted by molar-refractivity contribution is -0.142. The lowest BCUT2D eigenvalue weighted by Crippen LogP contribution is -2.22. The van der Waals surface area contributed by atoms with Gasteiger partial charge in [-0.1, -0.05) is 6.07 Å². The topological polar surface area (TPSA) is 92.8 Å². The monoisotopic (exact) mass is 197 g/mol. The minimum absolute atomic E-state index is 0.259. The van der Waals surface area contributed by atoms with Crippen LogP contribution in [0.1, 0.15) is 11.6 Å². The number of phenols is 2. The molecule has 1 aromatic carbocycles. The van der Waals surface area contributed by atoms with Gasteiger partial charge < -0.3 is 20.7 Å². The molecule has 0 saturated carbocycles. The van der Waals surface area contributed by atoms with Gasteiger partial charge in [-0.3, -0.25) is 4.79 Å². The summed E-state index contributed by atoms with van der Waals surface area (Å²) < 4.78 is 4.43. The number of aromatic hydroxyl groups is 2. The van der Waals surface area contributed by atoms with E-state index in [-0.39, 0.29) is 11.5 Å². The van der Waals surface area contributed by atoms with Gasteiger partial charge in [0.15, 0.2) is 11.5 Å². The molecule has 0 amide bonds. The number of methoxy groups -OCH3 is 1. The number of ether oxygens (including phenoxy) is 1. The fourth-order valence-corrected chi connectivity index (χ4v) is 0.997. The first-order chi connectivity index (χ1) is 6.56. The Morgan fingerprint density at radius 1 is 1.43 bits per heavy atom. The Bertz CT molecular complexity index is 351. The molecule has 1 rings (SSSR count). The zero-order valence-electron chi connectivity index (χ0n) is 7.60. The van der Waals surface area contributed by atoms with Crippen LogP contribution in [0.3, 0.4) is 0 Å². The van der Waals surface area contributed by atoms with Crippen LogP contribution in [0, 0.1) is 0 Å². The summed E-state index contributed by atoms with van der Waals surface area (Å²) in [5, 5.41) is 18.2. The number of nitrogens with two attached hydrogens (primary N) is 1. The van der Waals surface area contributed by atoms with E-state index in [1.807, 2.05) is 0 Å². The summed E-state index contributed by atoms with van der Waals surface area (Å²) in [4.78, 5) is 11.0. The van der Waals surface area contributed by atoms with Gasteiger partial charge in [0.05, 0.1) is 7.11 Å². The third kappa shape index (κ3) is 1.94. The molecular formula is C9H11NO4. The maximum absolute atomic E-state index is 11.0. The summed E-state index contributed by atoms with van der Waals surface area (Å²) in [7, 11) is 1.22. The Labute approximate surface area is 80.7 Å². The molecule has 0 heterocycles. The first-order valence-electron chi connectivity index (χ1n) is 3.91. The van der Waals surface area contributed by atoms with Crippen molar-refractivity contribution in [3.8, 4) is 11.5 Å². The van der Waals surface area contributed by atoms with E-state index in [4.69, 9.17) is 15.9 Å². The normalized spacial score (nSPS) is 12.1. The highest BCUT2D eigenvalue weighted by Gasteiger charge is 2.17. The predicted molar refractivity (Wildman–Crippen MR) is 48.7 cm³/mol. The van der Waals surface area contributed by atoms with Crippen LogP contribution in [-0.4, -0.2) is 23.3 Å². The van der Waals surface area contributed by atoms with Crippen molar-refractivity contribution in [2.75, 3.05) is 7.11 Å². The molecule has 0 aliphatic heterocycles. The minimum Gasteiger partial charge on any atom is -0.504 e. The van der Waals surface area contributed by atoms with Gasteiger partial charge in [0.2, 0.25) is 0 Å². The van der Waals surface area contributed by atoms with Crippen molar-refractivity contribution >= 4 is 5.97 Å². The SMILES string of the molecule is COC(=O)[C@H](N)c1ccc(O)c(O)c1. The van der Waals surface area contributed by atoms with E-state index < -0.39 is 12.0 Å².